The average Bonchev–Trinajstić information content (AvgIpc) is 3.19. The normalized spacial score (nSPS) is 15.6. The van der Waals surface area contributed by atoms with E-state index in [2.05, 4.69) is 51.4 Å². The number of rotatable bonds is 6. The number of aromatic nitrogens is 3. The van der Waals surface area contributed by atoms with Gasteiger partial charge in [0.25, 0.3) is 0 Å². The maximum Gasteiger partial charge on any atom is 0.110 e. The Bertz CT molecular complexity index is 814. The minimum Gasteiger partial charge on any atom is -0.304 e. The molecule has 0 bridgehead atoms. The second-order valence-electron chi connectivity index (χ2n) is 6.48. The zero-order valence-electron chi connectivity index (χ0n) is 14.1. The molecule has 3 aromatic rings. The predicted octanol–water partition coefficient (Wildman–Crippen LogP) is 4.37. The van der Waals surface area contributed by atoms with Gasteiger partial charge in [-0.2, -0.15) is 0 Å². The summed E-state index contributed by atoms with van der Waals surface area (Å²) in [5, 5.41) is 7.00. The number of aryl methyl sites for hydroxylation is 1. The van der Waals surface area contributed by atoms with Crippen LogP contribution in [0.2, 0.25) is 0 Å². The second-order valence-corrected chi connectivity index (χ2v) is 7.42. The zero-order chi connectivity index (χ0) is 16.5. The van der Waals surface area contributed by atoms with Gasteiger partial charge in [0.05, 0.1) is 5.69 Å². The van der Waals surface area contributed by atoms with Crippen molar-refractivity contribution in [3.8, 4) is 5.69 Å². The highest BCUT2D eigenvalue weighted by Crippen LogP contribution is 2.40. The predicted molar refractivity (Wildman–Crippen MR) is 97.6 cm³/mol. The van der Waals surface area contributed by atoms with E-state index in [1.54, 1.807) is 11.3 Å². The first-order valence-corrected chi connectivity index (χ1v) is 9.36. The van der Waals surface area contributed by atoms with Crippen LogP contribution in [0.25, 0.3) is 5.69 Å². The fourth-order valence-corrected chi connectivity index (χ4v) is 3.73. The van der Waals surface area contributed by atoms with Crippen LogP contribution in [-0.2, 0) is 6.54 Å². The van der Waals surface area contributed by atoms with Crippen LogP contribution in [0.15, 0.2) is 42.0 Å². The summed E-state index contributed by atoms with van der Waals surface area (Å²) in [4.78, 5) is 9.02. The van der Waals surface area contributed by atoms with Gasteiger partial charge in [0.1, 0.15) is 10.8 Å². The molecule has 124 valence electrons. The fraction of sp³-hybridized carbons (Fsp3) is 0.368. The van der Waals surface area contributed by atoms with Crippen molar-refractivity contribution in [2.24, 2.45) is 0 Å². The summed E-state index contributed by atoms with van der Waals surface area (Å²) >= 11 is 1.77. The van der Waals surface area contributed by atoms with E-state index in [0.717, 1.165) is 24.0 Å². The maximum atomic E-state index is 4.74. The van der Waals surface area contributed by atoms with Crippen LogP contribution >= 0.6 is 11.3 Å². The molecule has 5 heteroatoms. The van der Waals surface area contributed by atoms with Gasteiger partial charge >= 0.3 is 0 Å². The number of hydrogen-bond donors (Lipinski definition) is 1. The van der Waals surface area contributed by atoms with E-state index in [4.69, 9.17) is 4.98 Å². The lowest BCUT2D eigenvalue weighted by molar-refractivity contribution is 0.572. The molecule has 1 saturated carbocycles. The zero-order valence-corrected chi connectivity index (χ0v) is 14.9. The lowest BCUT2D eigenvalue weighted by Gasteiger charge is -2.14. The molecule has 1 aliphatic carbocycles. The molecule has 0 unspecified atom stereocenters. The van der Waals surface area contributed by atoms with Crippen LogP contribution in [0.5, 0.6) is 0 Å². The standard InChI is InChI=1S/C19H22N4S/c1-13(21-11-19-22-18(12-24-19)16-3-4-16)15-5-7-17(8-6-15)23-10-9-20-14(23)2/h5-10,12-13,16,21H,3-4,11H2,1-2H3/t13-/m0/s1. The van der Waals surface area contributed by atoms with E-state index in [9.17, 15) is 0 Å². The molecule has 1 aliphatic rings. The summed E-state index contributed by atoms with van der Waals surface area (Å²) in [6.45, 7) is 5.05. The first-order valence-electron chi connectivity index (χ1n) is 8.48. The van der Waals surface area contributed by atoms with E-state index in [1.807, 2.05) is 19.3 Å². The van der Waals surface area contributed by atoms with Crippen molar-refractivity contribution in [3.05, 3.63) is 64.1 Å². The number of nitrogens with one attached hydrogen (secondary N) is 1. The summed E-state index contributed by atoms with van der Waals surface area (Å²) in [5.74, 6) is 1.75. The summed E-state index contributed by atoms with van der Waals surface area (Å²) in [6, 6.07) is 8.97. The Hall–Kier alpha value is -1.98. The molecule has 24 heavy (non-hydrogen) atoms. The molecule has 0 radical (unpaired) electrons. The third-order valence-electron chi connectivity index (χ3n) is 4.62. The quantitative estimate of drug-likeness (QED) is 0.726. The number of nitrogens with zero attached hydrogens (tertiary/aromatic N) is 3. The van der Waals surface area contributed by atoms with E-state index in [0.29, 0.717) is 6.04 Å². The van der Waals surface area contributed by atoms with Crippen molar-refractivity contribution >= 4 is 11.3 Å². The van der Waals surface area contributed by atoms with Crippen LogP contribution in [0, 0.1) is 6.92 Å². The Morgan fingerprint density at radius 3 is 2.75 bits per heavy atom. The van der Waals surface area contributed by atoms with Crippen molar-refractivity contribution in [1.82, 2.24) is 19.9 Å². The third-order valence-corrected chi connectivity index (χ3v) is 5.49. The molecule has 0 aliphatic heterocycles. The smallest absolute Gasteiger partial charge is 0.110 e. The highest BCUT2D eigenvalue weighted by atomic mass is 32.1. The summed E-state index contributed by atoms with van der Waals surface area (Å²) < 4.78 is 2.09. The largest absolute Gasteiger partial charge is 0.304 e. The minimum absolute atomic E-state index is 0.302. The Kier molecular flexibility index (Phi) is 4.21. The Morgan fingerprint density at radius 2 is 2.08 bits per heavy atom. The molecule has 1 fully saturated rings. The lowest BCUT2D eigenvalue weighted by atomic mass is 10.1. The molecule has 0 saturated heterocycles. The van der Waals surface area contributed by atoms with E-state index >= 15 is 0 Å². The highest BCUT2D eigenvalue weighted by Gasteiger charge is 2.25. The van der Waals surface area contributed by atoms with Crippen molar-refractivity contribution in [2.45, 2.75) is 45.2 Å². The number of thiazole rings is 1. The van der Waals surface area contributed by atoms with Crippen molar-refractivity contribution < 1.29 is 0 Å². The summed E-state index contributed by atoms with van der Waals surface area (Å²) in [5.41, 5.74) is 3.73. The van der Waals surface area contributed by atoms with Crippen molar-refractivity contribution in [3.63, 3.8) is 0 Å². The Labute approximate surface area is 146 Å². The molecule has 4 rings (SSSR count). The number of benzene rings is 1. The topological polar surface area (TPSA) is 42.7 Å². The van der Waals surface area contributed by atoms with Crippen LogP contribution in [0.4, 0.5) is 0 Å². The molecule has 1 aromatic carbocycles. The Morgan fingerprint density at radius 1 is 1.29 bits per heavy atom. The summed E-state index contributed by atoms with van der Waals surface area (Å²) in [6.07, 6.45) is 6.45. The van der Waals surface area contributed by atoms with Crippen LogP contribution in [0.3, 0.4) is 0 Å². The van der Waals surface area contributed by atoms with Gasteiger partial charge in [-0.25, -0.2) is 9.97 Å². The minimum atomic E-state index is 0.302. The SMILES string of the molecule is Cc1nccn1-c1ccc([C@H](C)NCc2nc(C3CC3)cs2)cc1. The number of imidazole rings is 1. The van der Waals surface area contributed by atoms with E-state index in [-0.39, 0.29) is 0 Å². The third kappa shape index (κ3) is 3.28. The maximum absolute atomic E-state index is 4.74. The first kappa shape index (κ1) is 15.5. The van der Waals surface area contributed by atoms with Gasteiger partial charge < -0.3 is 9.88 Å². The number of hydrogen-bond acceptors (Lipinski definition) is 4. The molecule has 1 N–H and O–H groups in total. The first-order chi connectivity index (χ1) is 11.7. The Balaban J connectivity index is 1.38. The van der Waals surface area contributed by atoms with Gasteiger partial charge in [-0.05, 0) is 44.4 Å². The molecule has 4 nitrogen and oxygen atoms in total. The monoisotopic (exact) mass is 338 g/mol. The van der Waals surface area contributed by atoms with Gasteiger partial charge in [-0.1, -0.05) is 12.1 Å². The van der Waals surface area contributed by atoms with Gasteiger partial charge in [0.15, 0.2) is 0 Å². The average molecular weight is 338 g/mol. The van der Waals surface area contributed by atoms with Gasteiger partial charge in [0.2, 0.25) is 0 Å². The van der Waals surface area contributed by atoms with Crippen LogP contribution in [-0.4, -0.2) is 14.5 Å². The van der Waals surface area contributed by atoms with Crippen molar-refractivity contribution in [1.29, 1.82) is 0 Å². The van der Waals surface area contributed by atoms with Gasteiger partial charge in [-0.3, -0.25) is 0 Å². The van der Waals surface area contributed by atoms with E-state index < -0.39 is 0 Å². The van der Waals surface area contributed by atoms with E-state index in [1.165, 1.54) is 29.1 Å². The highest BCUT2D eigenvalue weighted by molar-refractivity contribution is 7.09. The molecular formula is C19H22N4S. The van der Waals surface area contributed by atoms with Gasteiger partial charge in [-0.15, -0.1) is 11.3 Å². The van der Waals surface area contributed by atoms with Crippen molar-refractivity contribution in [2.75, 3.05) is 0 Å². The molecule has 1 atom stereocenters. The molecular weight excluding hydrogens is 316 g/mol. The van der Waals surface area contributed by atoms with Crippen LogP contribution < -0.4 is 5.32 Å². The molecule has 2 heterocycles. The second kappa shape index (κ2) is 6.49. The fourth-order valence-electron chi connectivity index (χ4n) is 2.91. The van der Waals surface area contributed by atoms with Crippen LogP contribution in [0.1, 0.15) is 53.8 Å². The van der Waals surface area contributed by atoms with Gasteiger partial charge in [0, 0.05) is 42.0 Å². The lowest BCUT2D eigenvalue weighted by Crippen LogP contribution is -2.18. The molecule has 0 amide bonds. The molecule has 0 spiro atoms. The molecule has 2 aromatic heterocycles. The summed E-state index contributed by atoms with van der Waals surface area (Å²) in [7, 11) is 0.